The van der Waals surface area contributed by atoms with E-state index < -0.39 is 10.0 Å². The fraction of sp³-hybridized carbons (Fsp3) is 0.450. The van der Waals surface area contributed by atoms with Gasteiger partial charge in [-0.15, -0.1) is 0 Å². The number of fused-ring (bicyclic) bond motifs is 1. The van der Waals surface area contributed by atoms with Gasteiger partial charge in [-0.1, -0.05) is 6.07 Å². The predicted molar refractivity (Wildman–Crippen MR) is 109 cm³/mol. The monoisotopic (exact) mass is 402 g/mol. The molecule has 1 aromatic carbocycles. The Morgan fingerprint density at radius 3 is 2.61 bits per heavy atom. The lowest BCUT2D eigenvalue weighted by Gasteiger charge is -2.17. The number of aryl methyl sites for hydroxylation is 1. The van der Waals surface area contributed by atoms with Crippen molar-refractivity contribution in [2.45, 2.75) is 31.1 Å². The average molecular weight is 403 g/mol. The number of carbonyl (C=O) groups is 1. The average Bonchev–Trinajstić information content (AvgIpc) is 3.41. The molecule has 0 aliphatic carbocycles. The van der Waals surface area contributed by atoms with Crippen LogP contribution in [-0.2, 0) is 23.5 Å². The number of nitrogens with zero attached hydrogens (tertiary/aromatic N) is 3. The number of rotatable bonds is 5. The summed E-state index contributed by atoms with van der Waals surface area (Å²) in [4.78, 5) is 15.3. The summed E-state index contributed by atoms with van der Waals surface area (Å²) in [6, 6.07) is 7.42. The Morgan fingerprint density at radius 2 is 1.89 bits per heavy atom. The van der Waals surface area contributed by atoms with Crippen molar-refractivity contribution in [3.05, 3.63) is 41.7 Å². The summed E-state index contributed by atoms with van der Waals surface area (Å²) >= 11 is 0. The maximum atomic E-state index is 12.8. The number of carbonyl (C=O) groups excluding carboxylic acids is 1. The van der Waals surface area contributed by atoms with Crippen LogP contribution in [0.2, 0.25) is 0 Å². The van der Waals surface area contributed by atoms with E-state index in [0.717, 1.165) is 38.0 Å². The summed E-state index contributed by atoms with van der Waals surface area (Å²) in [5, 5.41) is 2.91. The zero-order valence-corrected chi connectivity index (χ0v) is 17.1. The molecule has 1 amide bonds. The van der Waals surface area contributed by atoms with Crippen molar-refractivity contribution < 1.29 is 13.2 Å². The van der Waals surface area contributed by atoms with Crippen LogP contribution >= 0.6 is 0 Å². The highest BCUT2D eigenvalue weighted by atomic mass is 32.2. The highest BCUT2D eigenvalue weighted by molar-refractivity contribution is 7.89. The van der Waals surface area contributed by atoms with Crippen LogP contribution in [-0.4, -0.2) is 49.4 Å². The molecule has 2 aliphatic rings. The molecule has 8 heteroatoms. The zero-order valence-electron chi connectivity index (χ0n) is 16.3. The van der Waals surface area contributed by atoms with Crippen LogP contribution in [0.4, 0.5) is 11.4 Å². The molecule has 0 spiro atoms. The van der Waals surface area contributed by atoms with Crippen molar-refractivity contribution in [2.75, 3.05) is 36.4 Å². The highest BCUT2D eigenvalue weighted by Gasteiger charge is 2.29. The third-order valence-electron chi connectivity index (χ3n) is 5.63. The minimum Gasteiger partial charge on any atom is -0.371 e. The van der Waals surface area contributed by atoms with Crippen LogP contribution in [0.15, 0.2) is 35.4 Å². The molecule has 0 bridgehead atoms. The molecule has 0 unspecified atom stereocenters. The first-order valence-electron chi connectivity index (χ1n) is 9.76. The normalized spacial score (nSPS) is 17.1. The van der Waals surface area contributed by atoms with Gasteiger partial charge in [-0.2, -0.15) is 4.31 Å². The molecule has 0 atom stereocenters. The van der Waals surface area contributed by atoms with Gasteiger partial charge in [0.1, 0.15) is 10.6 Å². The van der Waals surface area contributed by atoms with Crippen LogP contribution in [0.25, 0.3) is 0 Å². The predicted octanol–water partition coefficient (Wildman–Crippen LogP) is 2.44. The number of anilines is 2. The van der Waals surface area contributed by atoms with Gasteiger partial charge in [0.15, 0.2) is 0 Å². The van der Waals surface area contributed by atoms with Gasteiger partial charge < -0.3 is 14.8 Å². The number of aromatic nitrogens is 1. The van der Waals surface area contributed by atoms with Gasteiger partial charge in [-0.05, 0) is 49.9 Å². The molecule has 28 heavy (non-hydrogen) atoms. The summed E-state index contributed by atoms with van der Waals surface area (Å²) in [5.74, 6) is -0.314. The van der Waals surface area contributed by atoms with Gasteiger partial charge in [-0.3, -0.25) is 4.79 Å². The maximum absolute atomic E-state index is 12.8. The van der Waals surface area contributed by atoms with E-state index >= 15 is 0 Å². The number of hydrogen-bond acceptors (Lipinski definition) is 4. The lowest BCUT2D eigenvalue weighted by molar-refractivity contribution is 0.101. The molecule has 2 aliphatic heterocycles. The van der Waals surface area contributed by atoms with Crippen molar-refractivity contribution >= 4 is 27.3 Å². The van der Waals surface area contributed by atoms with E-state index in [2.05, 4.69) is 23.2 Å². The molecule has 0 saturated carbocycles. The van der Waals surface area contributed by atoms with Crippen LogP contribution < -0.4 is 10.2 Å². The van der Waals surface area contributed by atoms with E-state index in [4.69, 9.17) is 0 Å². The van der Waals surface area contributed by atoms with E-state index in [9.17, 15) is 13.2 Å². The minimum absolute atomic E-state index is 0.174. The second-order valence-corrected chi connectivity index (χ2v) is 9.35. The number of sulfonamides is 1. The van der Waals surface area contributed by atoms with Gasteiger partial charge in [-0.25, -0.2) is 8.42 Å². The minimum atomic E-state index is -3.54. The second-order valence-electron chi connectivity index (χ2n) is 7.41. The topological polar surface area (TPSA) is 74.7 Å². The summed E-state index contributed by atoms with van der Waals surface area (Å²) in [6.45, 7) is 5.13. The number of amides is 1. The van der Waals surface area contributed by atoms with Gasteiger partial charge >= 0.3 is 0 Å². The Bertz CT molecular complexity index is 1010. The third kappa shape index (κ3) is 3.31. The summed E-state index contributed by atoms with van der Waals surface area (Å²) in [6.07, 6.45) is 4.30. The zero-order chi connectivity index (χ0) is 19.9. The van der Waals surface area contributed by atoms with E-state index in [1.807, 2.05) is 12.1 Å². The fourth-order valence-electron chi connectivity index (χ4n) is 4.03. The Hall–Kier alpha value is -2.32. The van der Waals surface area contributed by atoms with Crippen LogP contribution in [0.5, 0.6) is 0 Å². The summed E-state index contributed by atoms with van der Waals surface area (Å²) in [5.41, 5.74) is 3.49. The molecule has 2 aromatic rings. The van der Waals surface area contributed by atoms with E-state index in [1.165, 1.54) is 22.1 Å². The molecule has 0 radical (unpaired) electrons. The number of likely N-dealkylation sites (N-methyl/N-ethyl adjacent to an activating group) is 1. The molecule has 1 aromatic heterocycles. The van der Waals surface area contributed by atoms with Crippen molar-refractivity contribution in [3.63, 3.8) is 0 Å². The molecule has 1 saturated heterocycles. The van der Waals surface area contributed by atoms with E-state index in [-0.39, 0.29) is 10.8 Å². The lowest BCUT2D eigenvalue weighted by Crippen LogP contribution is -2.27. The van der Waals surface area contributed by atoms with Crippen molar-refractivity contribution in [3.8, 4) is 0 Å². The Morgan fingerprint density at radius 1 is 1.14 bits per heavy atom. The SMILES string of the molecule is CCN1CCc2ccc(NC(=O)c3cc(S(=O)(=O)N4CCCC4)cn3C)cc21. The largest absolute Gasteiger partial charge is 0.371 e. The number of nitrogens with one attached hydrogen (secondary N) is 1. The molecular formula is C20H26N4O3S. The number of hydrogen-bond donors (Lipinski definition) is 1. The quantitative estimate of drug-likeness (QED) is 0.834. The second kappa shape index (κ2) is 7.25. The van der Waals surface area contributed by atoms with Gasteiger partial charge in [0.2, 0.25) is 10.0 Å². The molecule has 4 rings (SSSR count). The highest BCUT2D eigenvalue weighted by Crippen LogP contribution is 2.31. The van der Waals surface area contributed by atoms with Crippen molar-refractivity contribution in [1.29, 1.82) is 0 Å². The standard InChI is InChI=1S/C20H26N4O3S/c1-3-23-11-8-15-6-7-16(12-18(15)23)21-20(25)19-13-17(14-22(19)2)28(26,27)24-9-4-5-10-24/h6-7,12-14H,3-5,8-11H2,1-2H3,(H,21,25). The van der Waals surface area contributed by atoms with Gasteiger partial charge in [0.05, 0.1) is 0 Å². The molecule has 1 fully saturated rings. The number of benzene rings is 1. The first kappa shape index (κ1) is 19.0. The van der Waals surface area contributed by atoms with E-state index in [0.29, 0.717) is 24.5 Å². The molecular weight excluding hydrogens is 376 g/mol. The maximum Gasteiger partial charge on any atom is 0.272 e. The molecule has 7 nitrogen and oxygen atoms in total. The first-order valence-corrected chi connectivity index (χ1v) is 11.2. The van der Waals surface area contributed by atoms with Gasteiger partial charge in [0, 0.05) is 50.8 Å². The van der Waals surface area contributed by atoms with Crippen molar-refractivity contribution in [2.24, 2.45) is 7.05 Å². The lowest BCUT2D eigenvalue weighted by atomic mass is 10.1. The Labute approximate surface area is 166 Å². The smallest absolute Gasteiger partial charge is 0.272 e. The Balaban J connectivity index is 1.56. The van der Waals surface area contributed by atoms with Crippen LogP contribution in [0.3, 0.4) is 0 Å². The molecule has 1 N–H and O–H groups in total. The third-order valence-corrected chi connectivity index (χ3v) is 7.50. The summed E-state index contributed by atoms with van der Waals surface area (Å²) < 4.78 is 28.6. The van der Waals surface area contributed by atoms with Gasteiger partial charge in [0.25, 0.3) is 5.91 Å². The van der Waals surface area contributed by atoms with Crippen molar-refractivity contribution in [1.82, 2.24) is 8.87 Å². The van der Waals surface area contributed by atoms with E-state index in [1.54, 1.807) is 11.6 Å². The molecule has 150 valence electrons. The fourth-order valence-corrected chi connectivity index (χ4v) is 5.61. The Kier molecular flexibility index (Phi) is 4.93. The first-order chi connectivity index (χ1) is 13.4. The molecule has 3 heterocycles. The van der Waals surface area contributed by atoms with Crippen LogP contribution in [0, 0.1) is 0 Å². The van der Waals surface area contributed by atoms with Crippen LogP contribution in [0.1, 0.15) is 35.8 Å². The summed E-state index contributed by atoms with van der Waals surface area (Å²) in [7, 11) is -1.85.